The molecule has 1 aromatic rings. The Morgan fingerprint density at radius 2 is 1.88 bits per heavy atom. The highest BCUT2D eigenvalue weighted by Gasteiger charge is 1.93. The average molecular weight is 210 g/mol. The van der Waals surface area contributed by atoms with E-state index in [0.717, 1.165) is 5.56 Å². The molecule has 0 atom stereocenters. The molecule has 0 aliphatic rings. The number of hydrogen-bond donors (Lipinski definition) is 0. The van der Waals surface area contributed by atoms with Crippen molar-refractivity contribution in [1.82, 2.24) is 5.01 Å². The summed E-state index contributed by atoms with van der Waals surface area (Å²) in [6.45, 7) is 0. The molecular weight excluding hydrogens is 200 g/mol. The van der Waals surface area contributed by atoms with E-state index in [1.165, 1.54) is 11.2 Å². The largest absolute Gasteiger partial charge is 0.274 e. The first kappa shape index (κ1) is 11.5. The zero-order chi connectivity index (χ0) is 11.8. The number of benzene rings is 1. The molecule has 0 heterocycles. The van der Waals surface area contributed by atoms with Gasteiger partial charge in [-0.2, -0.15) is 15.6 Å². The summed E-state index contributed by atoms with van der Waals surface area (Å²) in [5.41, 5.74) is 0.978. The number of hydrazone groups is 1. The van der Waals surface area contributed by atoms with Gasteiger partial charge in [-0.05, 0) is 5.56 Å². The first-order valence-corrected chi connectivity index (χ1v) is 4.60. The Bertz CT molecular complexity index is 458. The van der Waals surface area contributed by atoms with Crippen molar-refractivity contribution in [3.63, 3.8) is 0 Å². The molecule has 16 heavy (non-hydrogen) atoms. The van der Waals surface area contributed by atoms with Crippen LogP contribution in [-0.4, -0.2) is 18.3 Å². The summed E-state index contributed by atoms with van der Waals surface area (Å²) in [5.74, 6) is 0. The minimum Gasteiger partial charge on any atom is -0.274 e. The minimum atomic E-state index is 0.0210. The zero-order valence-electron chi connectivity index (χ0n) is 8.83. The molecule has 0 aliphatic heterocycles. The average Bonchev–Trinajstić information content (AvgIpc) is 2.34. The Hall–Kier alpha value is -2.59. The Kier molecular flexibility index (Phi) is 4.31. The van der Waals surface area contributed by atoms with Gasteiger partial charge in [0.1, 0.15) is 17.7 Å². The van der Waals surface area contributed by atoms with Crippen molar-refractivity contribution in [1.29, 1.82) is 10.5 Å². The molecule has 0 aliphatic carbocycles. The van der Waals surface area contributed by atoms with Crippen LogP contribution in [0.15, 0.2) is 47.2 Å². The van der Waals surface area contributed by atoms with Crippen LogP contribution in [0.25, 0.3) is 0 Å². The number of rotatable bonds is 3. The van der Waals surface area contributed by atoms with Gasteiger partial charge in [-0.3, -0.25) is 5.01 Å². The summed E-state index contributed by atoms with van der Waals surface area (Å²) in [6.07, 6.45) is 3.03. The van der Waals surface area contributed by atoms with Gasteiger partial charge >= 0.3 is 0 Å². The lowest BCUT2D eigenvalue weighted by atomic mass is 10.2. The number of nitriles is 2. The van der Waals surface area contributed by atoms with Gasteiger partial charge in [-0.15, -0.1) is 0 Å². The molecule has 0 N–H and O–H groups in total. The molecule has 0 unspecified atom stereocenters. The van der Waals surface area contributed by atoms with E-state index in [1.54, 1.807) is 25.4 Å². The highest BCUT2D eigenvalue weighted by molar-refractivity contribution is 5.79. The van der Waals surface area contributed by atoms with Gasteiger partial charge < -0.3 is 0 Å². The van der Waals surface area contributed by atoms with Gasteiger partial charge in [0.2, 0.25) is 0 Å². The lowest BCUT2D eigenvalue weighted by molar-refractivity contribution is 0.491. The van der Waals surface area contributed by atoms with Gasteiger partial charge in [-0.25, -0.2) is 0 Å². The number of hydrogen-bond acceptors (Lipinski definition) is 4. The van der Waals surface area contributed by atoms with Crippen LogP contribution >= 0.6 is 0 Å². The SMILES string of the molecule is CN(C=C(C#N)C#N)N=Cc1ccccc1. The molecule has 0 aromatic heterocycles. The molecule has 4 heteroatoms. The van der Waals surface area contributed by atoms with Crippen LogP contribution in [-0.2, 0) is 0 Å². The van der Waals surface area contributed by atoms with Gasteiger partial charge in [-0.1, -0.05) is 30.3 Å². The van der Waals surface area contributed by atoms with Crippen molar-refractivity contribution in [2.45, 2.75) is 0 Å². The first-order chi connectivity index (χ1) is 7.76. The van der Waals surface area contributed by atoms with E-state index in [9.17, 15) is 0 Å². The van der Waals surface area contributed by atoms with E-state index in [0.29, 0.717) is 0 Å². The first-order valence-electron chi connectivity index (χ1n) is 4.60. The molecule has 0 fully saturated rings. The summed E-state index contributed by atoms with van der Waals surface area (Å²) < 4.78 is 0. The highest BCUT2D eigenvalue weighted by atomic mass is 15.4. The molecule has 0 bridgehead atoms. The summed E-state index contributed by atoms with van der Waals surface area (Å²) in [5, 5.41) is 22.6. The van der Waals surface area contributed by atoms with E-state index in [-0.39, 0.29) is 5.57 Å². The quantitative estimate of drug-likeness (QED) is 0.434. The van der Waals surface area contributed by atoms with Crippen molar-refractivity contribution in [2.24, 2.45) is 5.10 Å². The molecule has 4 nitrogen and oxygen atoms in total. The van der Waals surface area contributed by atoms with Crippen molar-refractivity contribution in [3.05, 3.63) is 47.7 Å². The van der Waals surface area contributed by atoms with Crippen LogP contribution in [0.5, 0.6) is 0 Å². The molecule has 0 saturated heterocycles. The third-order valence-corrected chi connectivity index (χ3v) is 1.75. The third-order valence-electron chi connectivity index (χ3n) is 1.75. The smallest absolute Gasteiger partial charge is 0.147 e. The lowest BCUT2D eigenvalue weighted by Gasteiger charge is -2.04. The number of nitrogens with zero attached hydrogens (tertiary/aromatic N) is 4. The molecule has 0 saturated carbocycles. The zero-order valence-corrected chi connectivity index (χ0v) is 8.83. The monoisotopic (exact) mass is 210 g/mol. The van der Waals surface area contributed by atoms with E-state index in [1.807, 2.05) is 30.3 Å². The summed E-state index contributed by atoms with van der Waals surface area (Å²) in [7, 11) is 1.66. The standard InChI is InChI=1S/C12H10N4/c1-16(10-12(7-13)8-14)15-9-11-5-3-2-4-6-11/h2-6,9-10H,1H3. The fourth-order valence-electron chi connectivity index (χ4n) is 1.000. The molecular formula is C12H10N4. The Labute approximate surface area is 94.3 Å². The van der Waals surface area contributed by atoms with Crippen LogP contribution in [0.4, 0.5) is 0 Å². The lowest BCUT2D eigenvalue weighted by Crippen LogP contribution is -2.02. The van der Waals surface area contributed by atoms with E-state index in [4.69, 9.17) is 10.5 Å². The van der Waals surface area contributed by atoms with Crippen LogP contribution in [0.1, 0.15) is 5.56 Å². The molecule has 0 spiro atoms. The fourth-order valence-corrected chi connectivity index (χ4v) is 1.000. The maximum Gasteiger partial charge on any atom is 0.147 e. The molecule has 1 rings (SSSR count). The molecule has 78 valence electrons. The Balaban J connectivity index is 2.70. The second-order valence-corrected chi connectivity index (χ2v) is 3.00. The topological polar surface area (TPSA) is 63.2 Å². The summed E-state index contributed by atoms with van der Waals surface area (Å²) in [4.78, 5) is 0. The maximum atomic E-state index is 8.54. The van der Waals surface area contributed by atoms with Crippen molar-refractivity contribution in [2.75, 3.05) is 7.05 Å². The maximum absolute atomic E-state index is 8.54. The predicted molar refractivity (Wildman–Crippen MR) is 61.1 cm³/mol. The van der Waals surface area contributed by atoms with Gasteiger partial charge in [0.25, 0.3) is 0 Å². The van der Waals surface area contributed by atoms with Gasteiger partial charge in [0.15, 0.2) is 0 Å². The number of allylic oxidation sites excluding steroid dienone is 1. The summed E-state index contributed by atoms with van der Waals surface area (Å²) in [6, 6.07) is 13.1. The van der Waals surface area contributed by atoms with Crippen LogP contribution in [0, 0.1) is 22.7 Å². The van der Waals surface area contributed by atoms with Crippen LogP contribution in [0.2, 0.25) is 0 Å². The second-order valence-electron chi connectivity index (χ2n) is 3.00. The Morgan fingerprint density at radius 1 is 1.25 bits per heavy atom. The normalized spacial score (nSPS) is 9.19. The summed E-state index contributed by atoms with van der Waals surface area (Å²) >= 11 is 0. The highest BCUT2D eigenvalue weighted by Crippen LogP contribution is 1.97. The molecule has 0 radical (unpaired) electrons. The van der Waals surface area contributed by atoms with E-state index >= 15 is 0 Å². The van der Waals surface area contributed by atoms with Crippen LogP contribution in [0.3, 0.4) is 0 Å². The van der Waals surface area contributed by atoms with Crippen molar-refractivity contribution < 1.29 is 0 Å². The van der Waals surface area contributed by atoms with Gasteiger partial charge in [0.05, 0.1) is 12.4 Å². The van der Waals surface area contributed by atoms with E-state index in [2.05, 4.69) is 5.10 Å². The van der Waals surface area contributed by atoms with Gasteiger partial charge in [0, 0.05) is 7.05 Å². The van der Waals surface area contributed by atoms with Crippen LogP contribution < -0.4 is 0 Å². The minimum absolute atomic E-state index is 0.0210. The second kappa shape index (κ2) is 6.00. The Morgan fingerprint density at radius 3 is 2.44 bits per heavy atom. The molecule has 0 amide bonds. The van der Waals surface area contributed by atoms with Crippen molar-refractivity contribution in [3.8, 4) is 12.1 Å². The van der Waals surface area contributed by atoms with Crippen molar-refractivity contribution >= 4 is 6.21 Å². The third kappa shape index (κ3) is 3.65. The molecule has 1 aromatic carbocycles. The fraction of sp³-hybridized carbons (Fsp3) is 0.0833. The predicted octanol–water partition coefficient (Wildman–Crippen LogP) is 1.88. The van der Waals surface area contributed by atoms with E-state index < -0.39 is 0 Å².